The first-order valence-electron chi connectivity index (χ1n) is 5.19. The van der Waals surface area contributed by atoms with Crippen molar-refractivity contribution in [1.82, 2.24) is 4.98 Å². The highest BCUT2D eigenvalue weighted by Gasteiger charge is 1.95. The number of hydrogen-bond acceptors (Lipinski definition) is 3. The van der Waals surface area contributed by atoms with E-state index in [-0.39, 0.29) is 5.48 Å². The number of H-pyrrole nitrogens is 1. The Morgan fingerprint density at radius 3 is 2.26 bits per heavy atom. The summed E-state index contributed by atoms with van der Waals surface area (Å²) in [5, 5.41) is 9.47. The number of nitrogens with one attached hydrogen (secondary N) is 1. The molecule has 0 unspecified atom stereocenters. The highest BCUT2D eigenvalue weighted by molar-refractivity contribution is 6.29. The summed E-state index contributed by atoms with van der Waals surface area (Å²) < 4.78 is 0. The average molecular weight is 298 g/mol. The normalized spacial score (nSPS) is 8.58. The number of pyridine rings is 2. The average Bonchev–Trinajstić information content (AvgIpc) is 2.28. The molecule has 2 N–H and O–H groups in total. The number of aromatic nitrogens is 2. The Balaban J connectivity index is 0.000000331. The van der Waals surface area contributed by atoms with Crippen LogP contribution in [0, 0.1) is 25.2 Å². The van der Waals surface area contributed by atoms with Crippen LogP contribution in [0.4, 0.5) is 0 Å². The van der Waals surface area contributed by atoms with E-state index in [1.807, 2.05) is 38.2 Å². The lowest BCUT2D eigenvalue weighted by molar-refractivity contribution is -0.375. The van der Waals surface area contributed by atoms with Crippen LogP contribution in [0.5, 0.6) is 0 Å². The quantitative estimate of drug-likeness (QED) is 0.700. The summed E-state index contributed by atoms with van der Waals surface area (Å²) in [5.41, 5.74) is 2.50. The second kappa shape index (κ2) is 8.44. The fourth-order valence-corrected chi connectivity index (χ4v) is 1.72. The van der Waals surface area contributed by atoms with E-state index in [9.17, 15) is 0 Å². The van der Waals surface area contributed by atoms with Gasteiger partial charge in [-0.1, -0.05) is 11.6 Å². The zero-order valence-electron chi connectivity index (χ0n) is 10.5. The van der Waals surface area contributed by atoms with Crippen LogP contribution in [0.3, 0.4) is 0 Å². The molecule has 0 bridgehead atoms. The number of halogens is 2. The molecular weight excluding hydrogens is 285 g/mol. The number of hydrogen-bond donors (Lipinski definition) is 0. The minimum absolute atomic E-state index is 0. The second-order valence-corrected chi connectivity index (χ2v) is 4.47. The molecule has 100 valence electrons. The highest BCUT2D eigenvalue weighted by atomic mass is 35.5. The summed E-state index contributed by atoms with van der Waals surface area (Å²) in [6.45, 7) is 3.87. The molecule has 2 rings (SSSR count). The molecule has 2 aromatic rings. The predicted octanol–water partition coefficient (Wildman–Crippen LogP) is 3.20. The van der Waals surface area contributed by atoms with Crippen molar-refractivity contribution in [3.8, 4) is 6.07 Å². The number of aromatic amines is 1. The molecule has 0 aromatic carbocycles. The van der Waals surface area contributed by atoms with Gasteiger partial charge in [0.15, 0.2) is 6.20 Å². The van der Waals surface area contributed by atoms with Gasteiger partial charge in [0.1, 0.15) is 16.9 Å². The molecule has 0 aliphatic rings. The minimum Gasteiger partial charge on any atom is -0.870 e. The Hall–Kier alpha value is -1.67. The van der Waals surface area contributed by atoms with Gasteiger partial charge in [-0.25, -0.2) is 9.97 Å². The van der Waals surface area contributed by atoms with E-state index in [0.717, 1.165) is 5.56 Å². The van der Waals surface area contributed by atoms with E-state index in [0.29, 0.717) is 16.0 Å². The number of nitrogens with zero attached hydrogens (tertiary/aromatic N) is 2. The SMILES string of the molecule is Cc1cc(Cl)nc(C#N)c1.Cc1cc[nH+]c(Cl)c1.[OH-]. The Kier molecular flexibility index (Phi) is 7.69. The van der Waals surface area contributed by atoms with E-state index in [4.69, 9.17) is 28.5 Å². The summed E-state index contributed by atoms with van der Waals surface area (Å²) in [4.78, 5) is 6.59. The Morgan fingerprint density at radius 1 is 1.16 bits per heavy atom. The predicted molar refractivity (Wildman–Crippen MR) is 73.4 cm³/mol. The molecule has 0 spiro atoms. The monoisotopic (exact) mass is 297 g/mol. The molecule has 0 radical (unpaired) electrons. The topological polar surface area (TPSA) is 80.8 Å². The molecule has 0 atom stereocenters. The largest absolute Gasteiger partial charge is 0.870 e. The van der Waals surface area contributed by atoms with Crippen LogP contribution in [0.2, 0.25) is 10.3 Å². The number of aryl methyl sites for hydroxylation is 2. The fraction of sp³-hybridized carbons (Fsp3) is 0.154. The van der Waals surface area contributed by atoms with Crippen LogP contribution in [0.25, 0.3) is 0 Å². The standard InChI is InChI=1S/C7H5ClN2.C6H6ClN.H2O/c1-5-2-6(4-9)10-7(8)3-5;1-5-2-3-8-6(7)4-5;/h2-3H,1H3;2-4H,1H3;1H2. The van der Waals surface area contributed by atoms with Gasteiger partial charge in [-0.15, -0.1) is 0 Å². The van der Waals surface area contributed by atoms with E-state index in [2.05, 4.69) is 9.97 Å². The van der Waals surface area contributed by atoms with Gasteiger partial charge >= 0.3 is 0 Å². The lowest BCUT2D eigenvalue weighted by Crippen LogP contribution is -2.00. The van der Waals surface area contributed by atoms with Crippen molar-refractivity contribution in [2.45, 2.75) is 13.8 Å². The molecule has 0 saturated heterocycles. The third kappa shape index (κ3) is 6.73. The molecule has 19 heavy (non-hydrogen) atoms. The van der Waals surface area contributed by atoms with Gasteiger partial charge in [0.05, 0.1) is 0 Å². The van der Waals surface area contributed by atoms with Crippen LogP contribution in [-0.2, 0) is 0 Å². The minimum atomic E-state index is 0. The molecule has 0 saturated carbocycles. The van der Waals surface area contributed by atoms with E-state index >= 15 is 0 Å². The third-order valence-corrected chi connectivity index (χ3v) is 2.39. The van der Waals surface area contributed by atoms with Crippen molar-refractivity contribution in [3.63, 3.8) is 0 Å². The summed E-state index contributed by atoms with van der Waals surface area (Å²) in [6, 6.07) is 9.15. The van der Waals surface area contributed by atoms with E-state index < -0.39 is 0 Å². The Bertz CT molecular complexity index is 545. The molecule has 2 heterocycles. The second-order valence-electron chi connectivity index (χ2n) is 3.68. The first-order chi connectivity index (χ1) is 8.51. The summed E-state index contributed by atoms with van der Waals surface area (Å²) in [5.74, 6) is 0. The molecule has 4 nitrogen and oxygen atoms in total. The van der Waals surface area contributed by atoms with Crippen molar-refractivity contribution in [3.05, 3.63) is 57.6 Å². The Morgan fingerprint density at radius 2 is 1.84 bits per heavy atom. The zero-order valence-corrected chi connectivity index (χ0v) is 12.0. The first-order valence-corrected chi connectivity index (χ1v) is 5.95. The van der Waals surface area contributed by atoms with Crippen molar-refractivity contribution < 1.29 is 10.5 Å². The molecule has 0 fully saturated rings. The molecule has 0 aliphatic carbocycles. The van der Waals surface area contributed by atoms with E-state index in [1.54, 1.807) is 12.1 Å². The third-order valence-electron chi connectivity index (χ3n) is 1.97. The Labute approximate surface area is 122 Å². The molecule has 6 heteroatoms. The summed E-state index contributed by atoms with van der Waals surface area (Å²) >= 11 is 11.2. The van der Waals surface area contributed by atoms with Crippen LogP contribution in [-0.4, -0.2) is 10.5 Å². The molecule has 2 aromatic heterocycles. The van der Waals surface area contributed by atoms with Gasteiger partial charge in [-0.2, -0.15) is 5.26 Å². The zero-order chi connectivity index (χ0) is 13.5. The number of rotatable bonds is 0. The number of nitriles is 1. The summed E-state index contributed by atoms with van der Waals surface area (Å²) in [6.07, 6.45) is 1.82. The smallest absolute Gasteiger partial charge is 0.273 e. The maximum absolute atomic E-state index is 8.42. The lowest BCUT2D eigenvalue weighted by Gasteiger charge is -1.92. The highest BCUT2D eigenvalue weighted by Crippen LogP contribution is 2.08. The van der Waals surface area contributed by atoms with Gasteiger partial charge in [0.2, 0.25) is 0 Å². The van der Waals surface area contributed by atoms with Crippen molar-refractivity contribution in [1.29, 1.82) is 5.26 Å². The van der Waals surface area contributed by atoms with Gasteiger partial charge in [0, 0.05) is 12.1 Å². The van der Waals surface area contributed by atoms with Gasteiger partial charge in [0.25, 0.3) is 5.15 Å². The summed E-state index contributed by atoms with van der Waals surface area (Å²) in [7, 11) is 0. The molecular formula is C13H13Cl2N3O. The maximum atomic E-state index is 8.42. The lowest BCUT2D eigenvalue weighted by atomic mass is 10.2. The van der Waals surface area contributed by atoms with Crippen molar-refractivity contribution >= 4 is 23.2 Å². The van der Waals surface area contributed by atoms with Crippen LogP contribution in [0.1, 0.15) is 16.8 Å². The van der Waals surface area contributed by atoms with Crippen LogP contribution in [0.15, 0.2) is 30.5 Å². The van der Waals surface area contributed by atoms with Crippen LogP contribution < -0.4 is 4.98 Å². The molecule has 0 amide bonds. The van der Waals surface area contributed by atoms with Gasteiger partial charge in [-0.3, -0.25) is 0 Å². The maximum Gasteiger partial charge on any atom is 0.273 e. The van der Waals surface area contributed by atoms with Crippen molar-refractivity contribution in [2.24, 2.45) is 0 Å². The van der Waals surface area contributed by atoms with Gasteiger partial charge < -0.3 is 5.48 Å². The first kappa shape index (κ1) is 17.3. The van der Waals surface area contributed by atoms with E-state index in [1.165, 1.54) is 5.56 Å². The van der Waals surface area contributed by atoms with Crippen molar-refractivity contribution in [2.75, 3.05) is 0 Å². The van der Waals surface area contributed by atoms with Gasteiger partial charge in [-0.05, 0) is 48.7 Å². The molecule has 0 aliphatic heterocycles. The fourth-order valence-electron chi connectivity index (χ4n) is 1.22. The van der Waals surface area contributed by atoms with Crippen LogP contribution >= 0.6 is 23.2 Å².